The Morgan fingerprint density at radius 2 is 2.58 bits per heavy atom. The maximum absolute atomic E-state index is 10.7. The molecule has 6 heteroatoms. The Morgan fingerprint density at radius 1 is 1.92 bits per heavy atom. The van der Waals surface area contributed by atoms with Gasteiger partial charge in [-0.3, -0.25) is 15.4 Å². The molecule has 1 atom stereocenters. The molecular formula is C6H10N4O2. The summed E-state index contributed by atoms with van der Waals surface area (Å²) in [4.78, 5) is 10.7. The van der Waals surface area contributed by atoms with Gasteiger partial charge in [-0.15, -0.1) is 0 Å². The van der Waals surface area contributed by atoms with Gasteiger partial charge < -0.3 is 5.73 Å². The van der Waals surface area contributed by atoms with Crippen LogP contribution in [0.15, 0.2) is 16.9 Å². The summed E-state index contributed by atoms with van der Waals surface area (Å²) in [6.07, 6.45) is 3.03. The van der Waals surface area contributed by atoms with Gasteiger partial charge in [0.2, 0.25) is 5.91 Å². The lowest BCUT2D eigenvalue weighted by atomic mass is 10.1. The second kappa shape index (κ2) is 3.72. The molecule has 0 saturated heterocycles. The largest absolute Gasteiger partial charge is 0.405 e. The molecule has 1 aliphatic heterocycles. The first-order valence-electron chi connectivity index (χ1n) is 3.40. The van der Waals surface area contributed by atoms with E-state index in [1.54, 1.807) is 6.21 Å². The summed E-state index contributed by atoms with van der Waals surface area (Å²) in [6.45, 7) is 0. The number of hydrazone groups is 1. The zero-order valence-corrected chi connectivity index (χ0v) is 6.32. The first-order chi connectivity index (χ1) is 5.77. The van der Waals surface area contributed by atoms with Crippen molar-refractivity contribution in [2.45, 2.75) is 12.5 Å². The minimum atomic E-state index is -0.492. The van der Waals surface area contributed by atoms with Crippen molar-refractivity contribution in [1.82, 2.24) is 10.9 Å². The predicted octanol–water partition coefficient (Wildman–Crippen LogP) is -1.32. The number of carbonyl (C=O) groups is 1. The second-order valence-corrected chi connectivity index (χ2v) is 2.34. The van der Waals surface area contributed by atoms with E-state index < -0.39 is 5.91 Å². The van der Waals surface area contributed by atoms with Gasteiger partial charge in [0.1, 0.15) is 6.04 Å². The van der Waals surface area contributed by atoms with Crippen LogP contribution >= 0.6 is 0 Å². The molecule has 0 bridgehead atoms. The maximum Gasteiger partial charge on any atom is 0.247 e. The Balaban J connectivity index is 2.47. The molecule has 0 radical (unpaired) electrons. The number of amides is 1. The first kappa shape index (κ1) is 8.54. The van der Waals surface area contributed by atoms with Crippen LogP contribution in [0.25, 0.3) is 0 Å². The third kappa shape index (κ3) is 1.73. The third-order valence-electron chi connectivity index (χ3n) is 1.54. The predicted molar refractivity (Wildman–Crippen MR) is 42.2 cm³/mol. The molecule has 1 aliphatic rings. The molecule has 1 heterocycles. The van der Waals surface area contributed by atoms with Gasteiger partial charge in [-0.25, -0.2) is 5.48 Å². The van der Waals surface area contributed by atoms with Crippen LogP contribution in [0.3, 0.4) is 0 Å². The summed E-state index contributed by atoms with van der Waals surface area (Å²) in [5.74, 6) is -0.492. The Hall–Kier alpha value is -1.56. The SMILES string of the molecule is N/C=C(/CC(=O)NO)C1C=NN1. The quantitative estimate of drug-likeness (QED) is 0.312. The van der Waals surface area contributed by atoms with Crippen molar-refractivity contribution in [3.05, 3.63) is 11.8 Å². The van der Waals surface area contributed by atoms with Gasteiger partial charge in [-0.1, -0.05) is 0 Å². The van der Waals surface area contributed by atoms with Crippen molar-refractivity contribution in [1.29, 1.82) is 0 Å². The van der Waals surface area contributed by atoms with Gasteiger partial charge in [0.25, 0.3) is 0 Å². The molecule has 5 N–H and O–H groups in total. The monoisotopic (exact) mass is 170 g/mol. The number of nitrogens with one attached hydrogen (secondary N) is 2. The normalized spacial score (nSPS) is 21.1. The number of nitrogens with two attached hydrogens (primary N) is 1. The van der Waals surface area contributed by atoms with E-state index in [2.05, 4.69) is 10.5 Å². The van der Waals surface area contributed by atoms with Crippen LogP contribution in [0.4, 0.5) is 0 Å². The second-order valence-electron chi connectivity index (χ2n) is 2.34. The summed E-state index contributed by atoms with van der Waals surface area (Å²) < 4.78 is 0. The molecular weight excluding hydrogens is 160 g/mol. The molecule has 0 aromatic carbocycles. The average molecular weight is 170 g/mol. The molecule has 0 fully saturated rings. The van der Waals surface area contributed by atoms with E-state index in [1.165, 1.54) is 11.7 Å². The number of nitrogens with zero attached hydrogens (tertiary/aromatic N) is 1. The summed E-state index contributed by atoms with van der Waals surface area (Å²) in [5.41, 5.74) is 10.1. The Labute approximate surface area is 69.1 Å². The molecule has 66 valence electrons. The molecule has 6 nitrogen and oxygen atoms in total. The summed E-state index contributed by atoms with van der Waals surface area (Å²) >= 11 is 0. The fraction of sp³-hybridized carbons (Fsp3) is 0.333. The number of hydrogen-bond acceptors (Lipinski definition) is 5. The standard InChI is InChI=1S/C6H10N4O2/c7-2-4(1-6(11)10-12)5-3-8-9-5/h2-3,5,9,12H,1,7H2,(H,10,11)/b4-2-. The number of rotatable bonds is 3. The lowest BCUT2D eigenvalue weighted by Crippen LogP contribution is -2.39. The fourth-order valence-corrected chi connectivity index (χ4v) is 0.825. The van der Waals surface area contributed by atoms with E-state index in [4.69, 9.17) is 10.9 Å². The summed E-state index contributed by atoms with van der Waals surface area (Å²) in [7, 11) is 0. The molecule has 0 spiro atoms. The highest BCUT2D eigenvalue weighted by Crippen LogP contribution is 2.08. The highest BCUT2D eigenvalue weighted by atomic mass is 16.5. The molecule has 0 aromatic rings. The third-order valence-corrected chi connectivity index (χ3v) is 1.54. The summed E-state index contributed by atoms with van der Waals surface area (Å²) in [5, 5.41) is 11.9. The number of hydrogen-bond donors (Lipinski definition) is 4. The highest BCUT2D eigenvalue weighted by molar-refractivity contribution is 5.81. The van der Waals surface area contributed by atoms with Gasteiger partial charge in [0.05, 0.1) is 12.6 Å². The van der Waals surface area contributed by atoms with Crippen LogP contribution in [-0.4, -0.2) is 23.4 Å². The number of hydroxylamine groups is 1. The average Bonchev–Trinajstić information content (AvgIpc) is 1.99. The van der Waals surface area contributed by atoms with Crippen LogP contribution in [0.2, 0.25) is 0 Å². The topological polar surface area (TPSA) is 99.7 Å². The van der Waals surface area contributed by atoms with Crippen molar-refractivity contribution in [2.75, 3.05) is 0 Å². The van der Waals surface area contributed by atoms with E-state index in [0.29, 0.717) is 5.57 Å². The molecule has 0 saturated carbocycles. The van der Waals surface area contributed by atoms with Crippen LogP contribution < -0.4 is 16.6 Å². The zero-order valence-electron chi connectivity index (χ0n) is 6.32. The zero-order chi connectivity index (χ0) is 8.97. The van der Waals surface area contributed by atoms with E-state index in [9.17, 15) is 4.79 Å². The highest BCUT2D eigenvalue weighted by Gasteiger charge is 2.18. The molecule has 1 rings (SSSR count). The smallest absolute Gasteiger partial charge is 0.247 e. The van der Waals surface area contributed by atoms with Crippen LogP contribution in [0.1, 0.15) is 6.42 Å². The van der Waals surface area contributed by atoms with Gasteiger partial charge in [0.15, 0.2) is 0 Å². The molecule has 1 unspecified atom stereocenters. The van der Waals surface area contributed by atoms with Crippen molar-refractivity contribution in [3.63, 3.8) is 0 Å². The van der Waals surface area contributed by atoms with E-state index in [1.807, 2.05) is 0 Å². The molecule has 0 aliphatic carbocycles. The number of carbonyl (C=O) groups excluding carboxylic acids is 1. The molecule has 12 heavy (non-hydrogen) atoms. The van der Waals surface area contributed by atoms with Gasteiger partial charge >= 0.3 is 0 Å². The van der Waals surface area contributed by atoms with Crippen molar-refractivity contribution in [2.24, 2.45) is 10.8 Å². The maximum atomic E-state index is 10.7. The fourth-order valence-electron chi connectivity index (χ4n) is 0.825. The minimum absolute atomic E-state index is 0.0662. The minimum Gasteiger partial charge on any atom is -0.405 e. The van der Waals surface area contributed by atoms with Crippen molar-refractivity contribution >= 4 is 12.1 Å². The van der Waals surface area contributed by atoms with Crippen molar-refractivity contribution < 1.29 is 10.0 Å². The van der Waals surface area contributed by atoms with E-state index in [-0.39, 0.29) is 12.5 Å². The lowest BCUT2D eigenvalue weighted by Gasteiger charge is -2.21. The van der Waals surface area contributed by atoms with E-state index >= 15 is 0 Å². The first-order valence-corrected chi connectivity index (χ1v) is 3.40. The Kier molecular flexibility index (Phi) is 2.65. The van der Waals surface area contributed by atoms with E-state index in [0.717, 1.165) is 0 Å². The molecule has 1 amide bonds. The van der Waals surface area contributed by atoms with Crippen LogP contribution in [0, 0.1) is 0 Å². The van der Waals surface area contributed by atoms with Gasteiger partial charge in [0, 0.05) is 0 Å². The van der Waals surface area contributed by atoms with Crippen molar-refractivity contribution in [3.8, 4) is 0 Å². The Bertz CT molecular complexity index is 236. The Morgan fingerprint density at radius 3 is 2.92 bits per heavy atom. The van der Waals surface area contributed by atoms with Crippen LogP contribution in [-0.2, 0) is 4.79 Å². The van der Waals surface area contributed by atoms with Gasteiger partial charge in [-0.2, -0.15) is 5.10 Å². The summed E-state index contributed by atoms with van der Waals surface area (Å²) in [6, 6.07) is -0.0766. The van der Waals surface area contributed by atoms with Crippen LogP contribution in [0.5, 0.6) is 0 Å². The lowest BCUT2D eigenvalue weighted by molar-refractivity contribution is -0.128. The molecule has 0 aromatic heterocycles. The van der Waals surface area contributed by atoms with Gasteiger partial charge in [-0.05, 0) is 11.8 Å².